The summed E-state index contributed by atoms with van der Waals surface area (Å²) in [6.07, 6.45) is 12.0. The van der Waals surface area contributed by atoms with Crippen LogP contribution in [0.2, 0.25) is 0 Å². The lowest BCUT2D eigenvalue weighted by molar-refractivity contribution is 0.0618. The van der Waals surface area contributed by atoms with Crippen molar-refractivity contribution in [3.63, 3.8) is 0 Å². The molecule has 6 saturated heterocycles. The van der Waals surface area contributed by atoms with Crippen molar-refractivity contribution < 1.29 is 9.59 Å². The molecule has 10 nitrogen and oxygen atoms in total. The molecular formula is C32H40N8O2. The second-order valence-corrected chi connectivity index (χ2v) is 12.6. The Hall–Kier alpha value is -3.76. The van der Waals surface area contributed by atoms with Crippen LogP contribution in [0.25, 0.3) is 11.0 Å². The fourth-order valence-corrected chi connectivity index (χ4v) is 7.27. The van der Waals surface area contributed by atoms with E-state index in [0.717, 1.165) is 35.2 Å². The predicted octanol–water partition coefficient (Wildman–Crippen LogP) is 2.93. The number of carbonyl (C=O) groups is 2. The molecule has 4 aromatic rings. The molecule has 6 fully saturated rings. The molecule has 4 aromatic heterocycles. The van der Waals surface area contributed by atoms with Crippen LogP contribution in [0.1, 0.15) is 57.5 Å². The highest BCUT2D eigenvalue weighted by atomic mass is 16.2. The second kappa shape index (κ2) is 11.1. The summed E-state index contributed by atoms with van der Waals surface area (Å²) in [4.78, 5) is 30.1. The average Bonchev–Trinajstić information content (AvgIpc) is 3.63. The normalized spacial score (nSPS) is 28.0. The first-order valence-corrected chi connectivity index (χ1v) is 15.4. The predicted molar refractivity (Wildman–Crippen MR) is 161 cm³/mol. The van der Waals surface area contributed by atoms with Crippen molar-refractivity contribution in [2.24, 2.45) is 11.8 Å². The van der Waals surface area contributed by atoms with Crippen LogP contribution in [0.5, 0.6) is 0 Å². The number of hydrogen-bond acceptors (Lipinski definition) is 6. The lowest BCUT2D eigenvalue weighted by Crippen LogP contribution is -2.57. The van der Waals surface area contributed by atoms with E-state index in [-0.39, 0.29) is 11.8 Å². The number of hydrogen-bond donors (Lipinski definition) is 2. The quantitative estimate of drug-likeness (QED) is 0.393. The Morgan fingerprint density at radius 1 is 0.690 bits per heavy atom. The van der Waals surface area contributed by atoms with Gasteiger partial charge in [0, 0.05) is 37.6 Å². The van der Waals surface area contributed by atoms with Gasteiger partial charge < -0.3 is 20.4 Å². The van der Waals surface area contributed by atoms with Gasteiger partial charge in [0.1, 0.15) is 0 Å². The van der Waals surface area contributed by atoms with Crippen molar-refractivity contribution in [3.05, 3.63) is 71.3 Å². The van der Waals surface area contributed by atoms with Gasteiger partial charge >= 0.3 is 0 Å². The van der Waals surface area contributed by atoms with Gasteiger partial charge in [-0.2, -0.15) is 10.2 Å². The van der Waals surface area contributed by atoms with Crippen LogP contribution in [0, 0.1) is 25.7 Å². The lowest BCUT2D eigenvalue weighted by Gasteiger charge is -2.44. The zero-order chi connectivity index (χ0) is 28.8. The Kier molecular flexibility index (Phi) is 7.19. The van der Waals surface area contributed by atoms with Crippen LogP contribution in [0.3, 0.4) is 0 Å². The number of rotatable bonds is 4. The zero-order valence-electron chi connectivity index (χ0n) is 24.5. The molecule has 0 spiro atoms. The number of aromatic nitrogens is 4. The van der Waals surface area contributed by atoms with Crippen LogP contribution in [0.4, 0.5) is 0 Å². The van der Waals surface area contributed by atoms with Crippen molar-refractivity contribution in [2.45, 2.75) is 51.6 Å². The molecule has 2 N–H and O–H groups in total. The fourth-order valence-electron chi connectivity index (χ4n) is 7.27. The van der Waals surface area contributed by atoms with Gasteiger partial charge in [-0.15, -0.1) is 0 Å². The van der Waals surface area contributed by atoms with E-state index in [4.69, 9.17) is 0 Å². The van der Waals surface area contributed by atoms with Gasteiger partial charge in [-0.05, 0) is 113 Å². The summed E-state index contributed by atoms with van der Waals surface area (Å²) in [5.41, 5.74) is 5.40. The molecule has 0 radical (unpaired) electrons. The molecule has 4 bridgehead atoms. The number of nitrogens with one attached hydrogen (secondary N) is 2. The number of pyridine rings is 2. The van der Waals surface area contributed by atoms with Crippen molar-refractivity contribution >= 4 is 22.8 Å². The lowest BCUT2D eigenvalue weighted by atomic mass is 9.84. The summed E-state index contributed by atoms with van der Waals surface area (Å²) in [5.74, 6) is 1.30. The van der Waals surface area contributed by atoms with Crippen LogP contribution in [-0.2, 0) is 0 Å². The van der Waals surface area contributed by atoms with Crippen molar-refractivity contribution in [1.82, 2.24) is 39.7 Å². The van der Waals surface area contributed by atoms with Crippen LogP contribution < -0.4 is 10.6 Å². The SMILES string of the molecule is Cc1ccn2ncc(C(=O)NC3CN4CCC3CC4)c2c1.Cc1ccn2ncc(C(=O)NC3CN4CCC3CC4)c2c1. The maximum absolute atomic E-state index is 12.6. The largest absolute Gasteiger partial charge is 0.348 e. The summed E-state index contributed by atoms with van der Waals surface area (Å²) >= 11 is 0. The fraction of sp³-hybridized carbons (Fsp3) is 0.500. The number of piperidine rings is 6. The van der Waals surface area contributed by atoms with Crippen LogP contribution in [0.15, 0.2) is 49.1 Å². The van der Waals surface area contributed by atoms with Gasteiger partial charge in [0.05, 0.1) is 34.6 Å². The van der Waals surface area contributed by atoms with E-state index in [0.29, 0.717) is 35.0 Å². The smallest absolute Gasteiger partial charge is 0.255 e. The topological polar surface area (TPSA) is 99.3 Å². The Balaban J connectivity index is 0.000000137. The van der Waals surface area contributed by atoms with Gasteiger partial charge in [0.25, 0.3) is 11.8 Å². The molecule has 0 aliphatic carbocycles. The minimum absolute atomic E-state index is 0.00866. The molecule has 2 amide bonds. The van der Waals surface area contributed by atoms with Crippen LogP contribution in [-0.4, -0.2) is 92.2 Å². The molecule has 10 heterocycles. The number of nitrogens with zero attached hydrogens (tertiary/aromatic N) is 6. The Labute approximate surface area is 246 Å². The van der Waals surface area contributed by atoms with E-state index >= 15 is 0 Å². The maximum atomic E-state index is 12.6. The van der Waals surface area contributed by atoms with Crippen molar-refractivity contribution in [3.8, 4) is 0 Å². The monoisotopic (exact) mass is 568 g/mol. The van der Waals surface area contributed by atoms with Gasteiger partial charge in [-0.1, -0.05) is 0 Å². The molecule has 42 heavy (non-hydrogen) atoms. The van der Waals surface area contributed by atoms with E-state index in [2.05, 4.69) is 30.6 Å². The number of fused-ring (bicyclic) bond motifs is 8. The summed E-state index contributed by atoms with van der Waals surface area (Å²) in [6, 6.07) is 8.60. The second-order valence-electron chi connectivity index (χ2n) is 12.6. The molecule has 6 aliphatic rings. The molecule has 220 valence electrons. The standard InChI is InChI=1S/2C16H20N4O/c2*1-11-2-7-20-15(8-11)13(9-17-20)16(21)18-14-10-19-5-3-12(14)4-6-19/h2*2,7-9,12,14H,3-6,10H2,1H3,(H,18,21). The highest BCUT2D eigenvalue weighted by Gasteiger charge is 2.36. The third-order valence-electron chi connectivity index (χ3n) is 9.79. The van der Waals surface area contributed by atoms with E-state index in [1.165, 1.54) is 51.9 Å². The first kappa shape index (κ1) is 27.1. The zero-order valence-corrected chi connectivity index (χ0v) is 24.5. The van der Waals surface area contributed by atoms with Gasteiger partial charge in [-0.25, -0.2) is 9.03 Å². The average molecular weight is 569 g/mol. The Morgan fingerprint density at radius 2 is 1.10 bits per heavy atom. The molecule has 6 aliphatic heterocycles. The molecule has 0 saturated carbocycles. The third-order valence-corrected chi connectivity index (χ3v) is 9.79. The minimum atomic E-state index is 0.00866. The minimum Gasteiger partial charge on any atom is -0.348 e. The molecular weight excluding hydrogens is 528 g/mol. The maximum Gasteiger partial charge on any atom is 0.255 e. The summed E-state index contributed by atoms with van der Waals surface area (Å²) in [7, 11) is 0. The van der Waals surface area contributed by atoms with Gasteiger partial charge in [0.15, 0.2) is 0 Å². The van der Waals surface area contributed by atoms with E-state index in [9.17, 15) is 9.59 Å². The number of aryl methyl sites for hydroxylation is 2. The first-order valence-electron chi connectivity index (χ1n) is 15.4. The highest BCUT2D eigenvalue weighted by Crippen LogP contribution is 2.29. The van der Waals surface area contributed by atoms with Crippen LogP contribution >= 0.6 is 0 Å². The van der Waals surface area contributed by atoms with Gasteiger partial charge in [-0.3, -0.25) is 9.59 Å². The molecule has 2 atom stereocenters. The van der Waals surface area contributed by atoms with Crippen molar-refractivity contribution in [1.29, 1.82) is 0 Å². The summed E-state index contributed by atoms with van der Waals surface area (Å²) in [6.45, 7) is 10.8. The Morgan fingerprint density at radius 3 is 1.45 bits per heavy atom. The van der Waals surface area contributed by atoms with Crippen molar-refractivity contribution in [2.75, 3.05) is 39.3 Å². The van der Waals surface area contributed by atoms with E-state index in [1.54, 1.807) is 21.4 Å². The molecule has 10 rings (SSSR count). The highest BCUT2D eigenvalue weighted by molar-refractivity contribution is 6.01. The van der Waals surface area contributed by atoms with E-state index < -0.39 is 0 Å². The van der Waals surface area contributed by atoms with E-state index in [1.807, 2.05) is 50.5 Å². The molecule has 0 aromatic carbocycles. The molecule has 2 unspecified atom stereocenters. The molecule has 10 heteroatoms. The third kappa shape index (κ3) is 5.29. The summed E-state index contributed by atoms with van der Waals surface area (Å²) in [5, 5.41) is 15.0. The number of carbonyl (C=O) groups excluding carboxylic acids is 2. The Bertz CT molecular complexity index is 1490. The summed E-state index contributed by atoms with van der Waals surface area (Å²) < 4.78 is 3.52. The number of amides is 2. The first-order chi connectivity index (χ1) is 20.4. The van der Waals surface area contributed by atoms with Gasteiger partial charge in [0.2, 0.25) is 0 Å².